The number of hydrogen-bond donors (Lipinski definition) is 0. The van der Waals surface area contributed by atoms with E-state index in [0.717, 1.165) is 24.3 Å². The molecule has 0 aliphatic carbocycles. The molecule has 2 aromatic rings. The second-order valence-corrected chi connectivity index (χ2v) is 10.3. The first-order valence-electron chi connectivity index (χ1n) is 7.28. The maximum atomic E-state index is 14.3. The lowest BCUT2D eigenvalue weighted by Gasteiger charge is -2.39. The van der Waals surface area contributed by atoms with E-state index in [-0.39, 0.29) is 16.1 Å². The van der Waals surface area contributed by atoms with Crippen molar-refractivity contribution >= 4 is 43.0 Å². The molecule has 0 amide bonds. The lowest BCUT2D eigenvalue weighted by Crippen LogP contribution is -2.32. The minimum absolute atomic E-state index is 0.0171. The van der Waals surface area contributed by atoms with Crippen molar-refractivity contribution in [2.24, 2.45) is 0 Å². The Bertz CT molecular complexity index is 1060. The van der Waals surface area contributed by atoms with Crippen LogP contribution in [-0.4, -0.2) is 19.4 Å². The molecule has 0 bridgehead atoms. The molecule has 0 aromatic heterocycles. The third-order valence-electron chi connectivity index (χ3n) is 3.74. The summed E-state index contributed by atoms with van der Waals surface area (Å²) in [5, 5.41) is 0.0171. The fourth-order valence-electron chi connectivity index (χ4n) is 2.63. The van der Waals surface area contributed by atoms with Gasteiger partial charge in [-0.1, -0.05) is 41.9 Å². The molecule has 0 spiro atoms. The van der Waals surface area contributed by atoms with Crippen molar-refractivity contribution in [2.45, 2.75) is 15.9 Å². The van der Waals surface area contributed by atoms with E-state index in [9.17, 15) is 34.8 Å². The summed E-state index contributed by atoms with van der Waals surface area (Å²) in [6, 6.07) is 9.57. The quantitative estimate of drug-likeness (QED) is 0.396. The predicted molar refractivity (Wildman–Crippen MR) is 93.7 cm³/mol. The van der Waals surface area contributed by atoms with Crippen molar-refractivity contribution in [1.29, 1.82) is 0 Å². The fraction of sp³-hybridized carbons (Fsp3) is 0.125. The zero-order chi connectivity index (χ0) is 21.0. The van der Waals surface area contributed by atoms with E-state index >= 15 is 0 Å². The van der Waals surface area contributed by atoms with Crippen molar-refractivity contribution in [3.05, 3.63) is 64.7 Å². The van der Waals surface area contributed by atoms with Crippen LogP contribution in [0.2, 0.25) is 5.02 Å². The first-order valence-corrected chi connectivity index (χ1v) is 10.6. The molecule has 1 aliphatic heterocycles. The molecule has 1 aliphatic rings. The molecule has 0 radical (unpaired) electrons. The molecule has 3 nitrogen and oxygen atoms in total. The van der Waals surface area contributed by atoms with Crippen molar-refractivity contribution in [3.8, 4) is 0 Å². The van der Waals surface area contributed by atoms with Crippen molar-refractivity contribution in [1.82, 2.24) is 0 Å². The number of fused-ring (bicyclic) bond motifs is 1. The summed E-state index contributed by atoms with van der Waals surface area (Å²) < 4.78 is 109. The molecule has 1 atom stereocenters. The standard InChI is InChI=1S/C16H9ClF6O3S2/c17-12-6-3-5-10(8-12)14-9-11-4-1-2-7-13(11)27(14,15(18,19)20)26-28(24,25)16(21,22)23/h1-9H. The zero-order valence-electron chi connectivity index (χ0n) is 13.4. The third-order valence-corrected chi connectivity index (χ3v) is 8.69. The number of halogens is 7. The highest BCUT2D eigenvalue weighted by Gasteiger charge is 2.64. The molecule has 12 heteroatoms. The van der Waals surface area contributed by atoms with Crippen LogP contribution in [-0.2, 0) is 13.7 Å². The maximum Gasteiger partial charge on any atom is 0.523 e. The molecule has 0 N–H and O–H groups in total. The van der Waals surface area contributed by atoms with Crippen LogP contribution in [0.3, 0.4) is 0 Å². The zero-order valence-corrected chi connectivity index (χ0v) is 15.8. The molecule has 3 rings (SSSR count). The van der Waals surface area contributed by atoms with Gasteiger partial charge >= 0.3 is 21.1 Å². The Hall–Kier alpha value is -1.69. The summed E-state index contributed by atoms with van der Waals surface area (Å²) in [5.74, 6) is 0. The van der Waals surface area contributed by atoms with Crippen LogP contribution < -0.4 is 0 Å². The summed E-state index contributed by atoms with van der Waals surface area (Å²) in [6.45, 7) is 0. The average molecular weight is 463 g/mol. The smallest absolute Gasteiger partial charge is 0.196 e. The number of alkyl halides is 6. The third kappa shape index (κ3) is 3.30. The molecule has 0 saturated heterocycles. The second-order valence-electron chi connectivity index (χ2n) is 5.53. The molecule has 0 saturated carbocycles. The largest absolute Gasteiger partial charge is 0.523 e. The van der Waals surface area contributed by atoms with E-state index in [4.69, 9.17) is 11.6 Å². The lowest BCUT2D eigenvalue weighted by molar-refractivity contribution is -0.0543. The molecule has 1 heterocycles. The van der Waals surface area contributed by atoms with Gasteiger partial charge in [0.25, 0.3) is 0 Å². The lowest BCUT2D eigenvalue weighted by atomic mass is 10.1. The van der Waals surface area contributed by atoms with Gasteiger partial charge < -0.3 is 0 Å². The average Bonchev–Trinajstić information content (AvgIpc) is 2.89. The van der Waals surface area contributed by atoms with Crippen LogP contribution in [0.4, 0.5) is 26.3 Å². The van der Waals surface area contributed by atoms with E-state index in [0.29, 0.717) is 0 Å². The van der Waals surface area contributed by atoms with Gasteiger partial charge in [0.1, 0.15) is 0 Å². The topological polar surface area (TPSA) is 43.4 Å². The molecule has 28 heavy (non-hydrogen) atoms. The highest BCUT2D eigenvalue weighted by molar-refractivity contribution is 8.41. The Balaban J connectivity index is 2.35. The van der Waals surface area contributed by atoms with E-state index < -0.39 is 41.2 Å². The van der Waals surface area contributed by atoms with Crippen molar-refractivity contribution in [3.63, 3.8) is 0 Å². The van der Waals surface area contributed by atoms with Gasteiger partial charge in [0, 0.05) is 25.1 Å². The summed E-state index contributed by atoms with van der Waals surface area (Å²) in [6.07, 6.45) is 0.968. The van der Waals surface area contributed by atoms with Gasteiger partial charge in [-0.25, -0.2) is 0 Å². The number of hydrogen-bond acceptors (Lipinski definition) is 3. The Morgan fingerprint density at radius 1 is 0.929 bits per heavy atom. The first kappa shape index (κ1) is 21.0. The Morgan fingerprint density at radius 2 is 1.57 bits per heavy atom. The fourth-order valence-corrected chi connectivity index (χ4v) is 7.31. The van der Waals surface area contributed by atoms with Gasteiger partial charge in [-0.3, -0.25) is 0 Å². The number of rotatable bonds is 3. The van der Waals surface area contributed by atoms with Gasteiger partial charge in [0.2, 0.25) is 0 Å². The van der Waals surface area contributed by atoms with E-state index in [1.54, 1.807) is 0 Å². The minimum atomic E-state index is -6.57. The van der Waals surface area contributed by atoms with Crippen LogP contribution >= 0.6 is 21.9 Å². The van der Waals surface area contributed by atoms with Crippen LogP contribution in [0.15, 0.2) is 53.4 Å². The molecule has 2 aromatic carbocycles. The minimum Gasteiger partial charge on any atom is -0.196 e. The van der Waals surface area contributed by atoms with E-state index in [2.05, 4.69) is 3.63 Å². The van der Waals surface area contributed by atoms with Gasteiger partial charge in [-0.05, 0) is 35.4 Å². The highest BCUT2D eigenvalue weighted by Crippen LogP contribution is 2.80. The molecule has 0 fully saturated rings. The molecule has 152 valence electrons. The SMILES string of the molecule is O=S(=O)(OS1(C(F)(F)F)C(c2cccc(Cl)c2)=Cc2ccccc21)C(F)(F)F. The van der Waals surface area contributed by atoms with Gasteiger partial charge in [0.05, 0.1) is 0 Å². The molecular weight excluding hydrogens is 454 g/mol. The summed E-state index contributed by atoms with van der Waals surface area (Å²) in [4.78, 5) is -1.43. The number of benzene rings is 2. The predicted octanol–water partition coefficient (Wildman–Crippen LogP) is 6.32. The summed E-state index contributed by atoms with van der Waals surface area (Å²) in [7, 11) is -11.7. The highest BCUT2D eigenvalue weighted by atomic mass is 35.5. The molecule has 1 unspecified atom stereocenters. The summed E-state index contributed by atoms with van der Waals surface area (Å²) >= 11 is 5.81. The Labute approximate surface area is 162 Å². The Morgan fingerprint density at radius 3 is 2.14 bits per heavy atom. The Kier molecular flexibility index (Phi) is 5.02. The van der Waals surface area contributed by atoms with Gasteiger partial charge in [0.15, 0.2) is 0 Å². The van der Waals surface area contributed by atoms with E-state index in [1.165, 1.54) is 30.3 Å². The van der Waals surface area contributed by atoms with Crippen LogP contribution in [0, 0.1) is 0 Å². The normalized spacial score (nSPS) is 22.3. The van der Waals surface area contributed by atoms with Crippen LogP contribution in [0.25, 0.3) is 11.0 Å². The van der Waals surface area contributed by atoms with Crippen LogP contribution in [0.5, 0.6) is 0 Å². The van der Waals surface area contributed by atoms with E-state index in [1.807, 2.05) is 0 Å². The van der Waals surface area contributed by atoms with Gasteiger partial charge in [-0.2, -0.15) is 38.4 Å². The summed E-state index contributed by atoms with van der Waals surface area (Å²) in [5.41, 5.74) is -11.8. The van der Waals surface area contributed by atoms with Crippen molar-refractivity contribution in [2.75, 3.05) is 0 Å². The molecular formula is C16H9ClF6O3S2. The monoisotopic (exact) mass is 462 g/mol. The van der Waals surface area contributed by atoms with Gasteiger partial charge in [-0.15, -0.1) is 0 Å². The first-order chi connectivity index (χ1) is 12.8. The maximum absolute atomic E-state index is 14.3. The van der Waals surface area contributed by atoms with Crippen molar-refractivity contribution < 1.29 is 38.4 Å². The van der Waals surface area contributed by atoms with Crippen LogP contribution in [0.1, 0.15) is 11.1 Å². The second kappa shape index (κ2) is 6.68.